The van der Waals surface area contributed by atoms with Gasteiger partial charge in [0.25, 0.3) is 0 Å². The highest BCUT2D eigenvalue weighted by Gasteiger charge is 2.37. The molecule has 1 unspecified atom stereocenters. The molecule has 0 aliphatic carbocycles. The van der Waals surface area contributed by atoms with Crippen LogP contribution in [0.1, 0.15) is 23.5 Å². The third-order valence-corrected chi connectivity index (χ3v) is 6.46. The molecule has 0 bridgehead atoms. The fourth-order valence-corrected chi connectivity index (χ4v) is 4.78. The van der Waals surface area contributed by atoms with Crippen molar-refractivity contribution in [2.24, 2.45) is 0 Å². The van der Waals surface area contributed by atoms with Crippen molar-refractivity contribution in [1.29, 1.82) is 5.26 Å². The maximum atomic E-state index is 13.2. The predicted octanol–water partition coefficient (Wildman–Crippen LogP) is 3.78. The summed E-state index contributed by atoms with van der Waals surface area (Å²) in [7, 11) is 4.99. The monoisotopic (exact) mass is 454 g/mol. The average molecular weight is 455 g/mol. The van der Waals surface area contributed by atoms with Crippen molar-refractivity contribution in [2.75, 3.05) is 34.4 Å². The van der Waals surface area contributed by atoms with Gasteiger partial charge in [-0.2, -0.15) is 5.26 Å². The first-order valence-corrected chi connectivity index (χ1v) is 10.5. The van der Waals surface area contributed by atoms with Gasteiger partial charge in [-0.05, 0) is 38.2 Å². The number of aliphatic hydroxyl groups is 1. The maximum absolute atomic E-state index is 13.2. The molecule has 1 saturated heterocycles. The van der Waals surface area contributed by atoms with Gasteiger partial charge in [0.15, 0.2) is 5.43 Å². The number of fused-ring (bicyclic) bond motifs is 1. The van der Waals surface area contributed by atoms with E-state index in [2.05, 4.69) is 4.90 Å². The molecule has 3 aromatic rings. The third kappa shape index (κ3) is 3.61. The number of nitriles is 1. The van der Waals surface area contributed by atoms with Crippen molar-refractivity contribution in [3.05, 3.63) is 56.7 Å². The van der Waals surface area contributed by atoms with Gasteiger partial charge in [-0.1, -0.05) is 11.6 Å². The van der Waals surface area contributed by atoms with E-state index in [1.165, 1.54) is 19.2 Å². The van der Waals surface area contributed by atoms with Crippen LogP contribution in [0.2, 0.25) is 5.02 Å². The number of nitrogens with zero attached hydrogens (tertiary/aromatic N) is 2. The minimum atomic E-state index is -0.283. The van der Waals surface area contributed by atoms with Crippen LogP contribution in [0.5, 0.6) is 11.5 Å². The quantitative estimate of drug-likeness (QED) is 0.626. The fourth-order valence-electron chi connectivity index (χ4n) is 4.51. The topological polar surface area (TPSA) is 95.9 Å². The van der Waals surface area contributed by atoms with Crippen LogP contribution in [0.25, 0.3) is 22.3 Å². The standard InChI is InChI=1S/C24H23ClN2O5/c1-27-7-6-15(17(27)12-28)22-20(30-2)10-21(31-3)23-18(29)9-19(32-24(22)23)14-5-4-13(11-26)8-16(14)25/h4-5,8-10,15,17,28H,6-7,12H2,1-3H3/t15?,17-/m1/s1. The van der Waals surface area contributed by atoms with E-state index >= 15 is 0 Å². The Balaban J connectivity index is 2.05. The van der Waals surface area contributed by atoms with Crippen LogP contribution in [0.3, 0.4) is 0 Å². The van der Waals surface area contributed by atoms with Gasteiger partial charge in [0, 0.05) is 35.2 Å². The van der Waals surface area contributed by atoms with Gasteiger partial charge in [-0.15, -0.1) is 0 Å². The van der Waals surface area contributed by atoms with Crippen molar-refractivity contribution >= 4 is 22.6 Å². The molecule has 1 aliphatic rings. The van der Waals surface area contributed by atoms with Crippen LogP contribution in [0, 0.1) is 11.3 Å². The zero-order chi connectivity index (χ0) is 23.0. The van der Waals surface area contributed by atoms with Crippen molar-refractivity contribution in [2.45, 2.75) is 18.4 Å². The van der Waals surface area contributed by atoms with Crippen molar-refractivity contribution in [1.82, 2.24) is 4.90 Å². The van der Waals surface area contributed by atoms with E-state index in [-0.39, 0.29) is 29.8 Å². The SMILES string of the molecule is COc1cc(OC)c2c(=O)cc(-c3ccc(C#N)cc3Cl)oc2c1C1CCN(C)[C@@H]1CO. The molecular formula is C24H23ClN2O5. The summed E-state index contributed by atoms with van der Waals surface area (Å²) in [6.45, 7) is 0.751. The molecule has 4 rings (SSSR count). The van der Waals surface area contributed by atoms with E-state index in [9.17, 15) is 9.90 Å². The number of hydrogen-bond acceptors (Lipinski definition) is 7. The fraction of sp³-hybridized carbons (Fsp3) is 0.333. The highest BCUT2D eigenvalue weighted by molar-refractivity contribution is 6.33. The molecule has 1 N–H and O–H groups in total. The van der Waals surface area contributed by atoms with Crippen molar-refractivity contribution in [3.8, 4) is 28.9 Å². The van der Waals surface area contributed by atoms with Crippen LogP contribution in [-0.4, -0.2) is 50.5 Å². The Labute approximate surface area is 190 Å². The molecule has 166 valence electrons. The minimum absolute atomic E-state index is 0.0385. The number of ether oxygens (including phenoxy) is 2. The molecule has 32 heavy (non-hydrogen) atoms. The van der Waals surface area contributed by atoms with Gasteiger partial charge in [-0.25, -0.2) is 0 Å². The first-order chi connectivity index (χ1) is 15.4. The Morgan fingerprint density at radius 2 is 2.00 bits per heavy atom. The van der Waals surface area contributed by atoms with Gasteiger partial charge < -0.3 is 23.9 Å². The zero-order valence-electron chi connectivity index (χ0n) is 18.0. The van der Waals surface area contributed by atoms with Gasteiger partial charge in [0.05, 0.1) is 37.5 Å². The largest absolute Gasteiger partial charge is 0.496 e. The van der Waals surface area contributed by atoms with Gasteiger partial charge in [0.2, 0.25) is 0 Å². The molecule has 1 aromatic heterocycles. The smallest absolute Gasteiger partial charge is 0.197 e. The minimum Gasteiger partial charge on any atom is -0.496 e. The second kappa shape index (κ2) is 8.83. The maximum Gasteiger partial charge on any atom is 0.197 e. The van der Waals surface area contributed by atoms with Crippen LogP contribution >= 0.6 is 11.6 Å². The zero-order valence-corrected chi connectivity index (χ0v) is 18.8. The highest BCUT2D eigenvalue weighted by Crippen LogP contribution is 2.45. The molecule has 0 radical (unpaired) electrons. The summed E-state index contributed by atoms with van der Waals surface area (Å²) in [4.78, 5) is 15.3. The van der Waals surface area contributed by atoms with E-state index in [4.69, 9.17) is 30.8 Å². The van der Waals surface area contributed by atoms with E-state index in [1.54, 1.807) is 25.3 Å². The lowest BCUT2D eigenvalue weighted by atomic mass is 9.89. The molecule has 0 amide bonds. The van der Waals surface area contributed by atoms with Crippen LogP contribution in [0.15, 0.2) is 39.5 Å². The lowest BCUT2D eigenvalue weighted by Gasteiger charge is -2.25. The van der Waals surface area contributed by atoms with Crippen molar-refractivity contribution < 1.29 is 19.0 Å². The molecule has 8 heteroatoms. The number of halogens is 1. The number of methoxy groups -OCH3 is 2. The number of rotatable bonds is 5. The normalized spacial score (nSPS) is 18.6. The first kappa shape index (κ1) is 22.2. The Morgan fingerprint density at radius 1 is 1.25 bits per heavy atom. The number of aliphatic hydroxyl groups excluding tert-OH is 1. The Hall–Kier alpha value is -3.05. The van der Waals surface area contributed by atoms with Gasteiger partial charge >= 0.3 is 0 Å². The molecule has 2 heterocycles. The summed E-state index contributed by atoms with van der Waals surface area (Å²) in [5.41, 5.74) is 1.69. The lowest BCUT2D eigenvalue weighted by molar-refractivity contribution is 0.171. The number of hydrogen-bond donors (Lipinski definition) is 1. The summed E-state index contributed by atoms with van der Waals surface area (Å²) >= 11 is 6.39. The summed E-state index contributed by atoms with van der Waals surface area (Å²) in [5, 5.41) is 19.8. The predicted molar refractivity (Wildman–Crippen MR) is 122 cm³/mol. The van der Waals surface area contributed by atoms with Gasteiger partial charge in [-0.3, -0.25) is 4.79 Å². The number of likely N-dealkylation sites (tertiary alicyclic amines) is 1. The third-order valence-electron chi connectivity index (χ3n) is 6.15. The van der Waals surface area contributed by atoms with E-state index in [0.29, 0.717) is 38.6 Å². The number of benzene rings is 2. The molecule has 2 atom stereocenters. The summed E-state index contributed by atoms with van der Waals surface area (Å²) in [5.74, 6) is 1.04. The highest BCUT2D eigenvalue weighted by atomic mass is 35.5. The average Bonchev–Trinajstić information content (AvgIpc) is 3.17. The van der Waals surface area contributed by atoms with E-state index < -0.39 is 0 Å². The summed E-state index contributed by atoms with van der Waals surface area (Å²) in [6.07, 6.45) is 0.769. The molecule has 1 aliphatic heterocycles. The second-order valence-corrected chi connectivity index (χ2v) is 8.21. The van der Waals surface area contributed by atoms with E-state index in [0.717, 1.165) is 18.5 Å². The molecular weight excluding hydrogens is 432 g/mol. The first-order valence-electron chi connectivity index (χ1n) is 10.2. The molecule has 0 spiro atoms. The molecule has 1 fully saturated rings. The second-order valence-electron chi connectivity index (χ2n) is 7.81. The van der Waals surface area contributed by atoms with Crippen LogP contribution < -0.4 is 14.9 Å². The summed E-state index contributed by atoms with van der Waals surface area (Å²) < 4.78 is 17.5. The molecule has 7 nitrogen and oxygen atoms in total. The summed E-state index contributed by atoms with van der Waals surface area (Å²) in [6, 6.07) is 9.76. The molecule has 2 aromatic carbocycles. The van der Waals surface area contributed by atoms with E-state index in [1.807, 2.05) is 13.1 Å². The van der Waals surface area contributed by atoms with Crippen LogP contribution in [0.4, 0.5) is 0 Å². The molecule has 0 saturated carbocycles. The number of likely N-dealkylation sites (N-methyl/N-ethyl adjacent to an activating group) is 1. The van der Waals surface area contributed by atoms with Gasteiger partial charge in [0.1, 0.15) is 28.2 Å². The Bertz CT molecular complexity index is 1280. The Morgan fingerprint density at radius 3 is 2.62 bits per heavy atom. The van der Waals surface area contributed by atoms with Crippen molar-refractivity contribution in [3.63, 3.8) is 0 Å². The Kier molecular flexibility index (Phi) is 6.11. The lowest BCUT2D eigenvalue weighted by Crippen LogP contribution is -2.32. The van der Waals surface area contributed by atoms with Crippen LogP contribution in [-0.2, 0) is 0 Å².